The molecule has 1 fully saturated rings. The predicted octanol–water partition coefficient (Wildman–Crippen LogP) is 0.948. The van der Waals surface area contributed by atoms with E-state index < -0.39 is 0 Å². The average molecular weight is 307 g/mol. The molecule has 2 aromatic rings. The Morgan fingerprint density at radius 1 is 1.52 bits per heavy atom. The van der Waals surface area contributed by atoms with Crippen molar-refractivity contribution in [3.63, 3.8) is 0 Å². The number of carbonyl (C=O) groups excluding carboxylic acids is 1. The van der Waals surface area contributed by atoms with Crippen LogP contribution < -0.4 is 16.6 Å². The van der Waals surface area contributed by atoms with Crippen molar-refractivity contribution in [2.45, 2.75) is 23.9 Å². The standard InChI is InChI=1S/C12H13N5O3S/c13-8-4-9(18)16-12(14-8)21-5-10(19)15-11-3-7(17-20-11)6-1-2-6/h3-4,6H,1-2,5H2,(H,15,19)(H3,13,14,16,18). The third kappa shape index (κ3) is 3.63. The van der Waals surface area contributed by atoms with Crippen LogP contribution in [0, 0.1) is 0 Å². The van der Waals surface area contributed by atoms with Crippen molar-refractivity contribution in [3.05, 3.63) is 28.2 Å². The Labute approximate surface area is 123 Å². The molecule has 8 nitrogen and oxygen atoms in total. The molecule has 0 aliphatic heterocycles. The number of nitrogens with one attached hydrogen (secondary N) is 2. The van der Waals surface area contributed by atoms with E-state index >= 15 is 0 Å². The molecule has 0 unspecified atom stereocenters. The molecule has 0 spiro atoms. The van der Waals surface area contributed by atoms with Gasteiger partial charge in [-0.2, -0.15) is 0 Å². The Morgan fingerprint density at radius 3 is 3.05 bits per heavy atom. The lowest BCUT2D eigenvalue weighted by Gasteiger charge is -2.01. The number of carbonyl (C=O) groups is 1. The number of hydrogen-bond acceptors (Lipinski definition) is 7. The van der Waals surface area contributed by atoms with E-state index in [4.69, 9.17) is 10.3 Å². The summed E-state index contributed by atoms with van der Waals surface area (Å²) in [5.74, 6) is 0.715. The number of aromatic amines is 1. The van der Waals surface area contributed by atoms with Crippen LogP contribution in [-0.2, 0) is 4.79 Å². The van der Waals surface area contributed by atoms with E-state index in [0.717, 1.165) is 30.3 Å². The van der Waals surface area contributed by atoms with Crippen LogP contribution in [0.25, 0.3) is 0 Å². The molecule has 1 aliphatic carbocycles. The highest BCUT2D eigenvalue weighted by atomic mass is 32.2. The molecule has 1 aliphatic rings. The summed E-state index contributed by atoms with van der Waals surface area (Å²) in [6, 6.07) is 2.92. The molecule has 0 radical (unpaired) electrons. The van der Waals surface area contributed by atoms with Gasteiger partial charge in [-0.1, -0.05) is 16.9 Å². The number of anilines is 2. The van der Waals surface area contributed by atoms with E-state index in [9.17, 15) is 9.59 Å². The Kier molecular flexibility index (Phi) is 3.65. The number of amides is 1. The van der Waals surface area contributed by atoms with E-state index in [1.54, 1.807) is 6.07 Å². The van der Waals surface area contributed by atoms with Crippen LogP contribution in [0.3, 0.4) is 0 Å². The number of H-pyrrole nitrogens is 1. The highest BCUT2D eigenvalue weighted by Crippen LogP contribution is 2.40. The highest BCUT2D eigenvalue weighted by molar-refractivity contribution is 7.99. The summed E-state index contributed by atoms with van der Waals surface area (Å²) in [7, 11) is 0. The monoisotopic (exact) mass is 307 g/mol. The van der Waals surface area contributed by atoms with Crippen molar-refractivity contribution < 1.29 is 9.32 Å². The van der Waals surface area contributed by atoms with Gasteiger partial charge < -0.3 is 15.2 Å². The van der Waals surface area contributed by atoms with Crippen LogP contribution >= 0.6 is 11.8 Å². The van der Waals surface area contributed by atoms with Crippen molar-refractivity contribution in [2.75, 3.05) is 16.8 Å². The van der Waals surface area contributed by atoms with Crippen LogP contribution in [-0.4, -0.2) is 26.8 Å². The van der Waals surface area contributed by atoms with Gasteiger partial charge in [0.25, 0.3) is 5.56 Å². The molecule has 0 bridgehead atoms. The van der Waals surface area contributed by atoms with Crippen LogP contribution in [0.15, 0.2) is 26.6 Å². The predicted molar refractivity (Wildman–Crippen MR) is 77.1 cm³/mol. The second-order valence-corrected chi connectivity index (χ2v) is 5.67. The smallest absolute Gasteiger partial charge is 0.253 e. The zero-order valence-electron chi connectivity index (χ0n) is 11.0. The molecule has 110 valence electrons. The van der Waals surface area contributed by atoms with E-state index in [1.807, 2.05) is 0 Å². The van der Waals surface area contributed by atoms with Crippen molar-refractivity contribution in [3.8, 4) is 0 Å². The quantitative estimate of drug-likeness (QED) is 0.554. The normalized spacial score (nSPS) is 14.1. The number of aromatic nitrogens is 3. The molecule has 21 heavy (non-hydrogen) atoms. The van der Waals surface area contributed by atoms with Gasteiger partial charge in [-0.15, -0.1) is 0 Å². The molecule has 4 N–H and O–H groups in total. The summed E-state index contributed by atoms with van der Waals surface area (Å²) < 4.78 is 5.04. The highest BCUT2D eigenvalue weighted by Gasteiger charge is 2.27. The molecular formula is C12H13N5O3S. The lowest BCUT2D eigenvalue weighted by Crippen LogP contribution is -2.15. The van der Waals surface area contributed by atoms with E-state index in [1.165, 1.54) is 6.07 Å². The first-order valence-corrected chi connectivity index (χ1v) is 7.35. The Morgan fingerprint density at radius 2 is 2.33 bits per heavy atom. The zero-order valence-corrected chi connectivity index (χ0v) is 11.8. The van der Waals surface area contributed by atoms with E-state index in [0.29, 0.717) is 17.0 Å². The zero-order chi connectivity index (χ0) is 14.8. The van der Waals surface area contributed by atoms with Crippen molar-refractivity contribution in [1.29, 1.82) is 0 Å². The fourth-order valence-corrected chi connectivity index (χ4v) is 2.43. The first-order chi connectivity index (χ1) is 10.1. The van der Waals surface area contributed by atoms with Crippen molar-refractivity contribution in [1.82, 2.24) is 15.1 Å². The summed E-state index contributed by atoms with van der Waals surface area (Å²) in [6.07, 6.45) is 2.23. The number of hydrogen-bond donors (Lipinski definition) is 3. The SMILES string of the molecule is Nc1cc(=O)[nH]c(SCC(=O)Nc2cc(C3CC3)no2)n1. The topological polar surface area (TPSA) is 127 Å². The minimum atomic E-state index is -0.352. The minimum Gasteiger partial charge on any atom is -0.383 e. The van der Waals surface area contributed by atoms with Gasteiger partial charge >= 0.3 is 0 Å². The van der Waals surface area contributed by atoms with Gasteiger partial charge in [-0.05, 0) is 12.8 Å². The molecule has 1 amide bonds. The number of nitrogens with zero attached hydrogens (tertiary/aromatic N) is 2. The van der Waals surface area contributed by atoms with Gasteiger partial charge in [0, 0.05) is 18.1 Å². The van der Waals surface area contributed by atoms with Crippen molar-refractivity contribution in [2.24, 2.45) is 0 Å². The number of thioether (sulfide) groups is 1. The third-order valence-corrected chi connectivity index (χ3v) is 3.74. The van der Waals surface area contributed by atoms with Crippen LogP contribution in [0.5, 0.6) is 0 Å². The van der Waals surface area contributed by atoms with Gasteiger partial charge in [0.2, 0.25) is 11.8 Å². The first kappa shape index (κ1) is 13.7. The van der Waals surface area contributed by atoms with Gasteiger partial charge in [0.1, 0.15) is 5.82 Å². The maximum absolute atomic E-state index is 11.8. The number of nitrogens with two attached hydrogens (primary N) is 1. The summed E-state index contributed by atoms with van der Waals surface area (Å²) in [4.78, 5) is 29.4. The molecule has 2 aromatic heterocycles. The summed E-state index contributed by atoms with van der Waals surface area (Å²) in [5.41, 5.74) is 5.98. The third-order valence-electron chi connectivity index (χ3n) is 2.87. The Hall–Kier alpha value is -2.29. The molecule has 3 rings (SSSR count). The second kappa shape index (κ2) is 5.60. The number of rotatable bonds is 5. The van der Waals surface area contributed by atoms with Crippen molar-refractivity contribution >= 4 is 29.4 Å². The van der Waals surface area contributed by atoms with E-state index in [2.05, 4.69) is 20.4 Å². The fourth-order valence-electron chi connectivity index (χ4n) is 1.75. The van der Waals surface area contributed by atoms with Crippen LogP contribution in [0.2, 0.25) is 0 Å². The molecular weight excluding hydrogens is 294 g/mol. The summed E-state index contributed by atoms with van der Waals surface area (Å²) in [6.45, 7) is 0. The minimum absolute atomic E-state index is 0.0753. The maximum Gasteiger partial charge on any atom is 0.253 e. The molecule has 9 heteroatoms. The largest absolute Gasteiger partial charge is 0.383 e. The molecule has 1 saturated carbocycles. The van der Waals surface area contributed by atoms with E-state index in [-0.39, 0.29) is 23.0 Å². The molecule has 0 saturated heterocycles. The molecule has 0 atom stereocenters. The van der Waals surface area contributed by atoms with Gasteiger partial charge in [-0.3, -0.25) is 14.9 Å². The summed E-state index contributed by atoms with van der Waals surface area (Å²) in [5, 5.41) is 6.80. The number of nitrogen functional groups attached to an aromatic ring is 1. The summed E-state index contributed by atoms with van der Waals surface area (Å²) >= 11 is 1.08. The van der Waals surface area contributed by atoms with Gasteiger partial charge in [-0.25, -0.2) is 4.98 Å². The Balaban J connectivity index is 1.54. The van der Waals surface area contributed by atoms with Gasteiger partial charge in [0.05, 0.1) is 11.4 Å². The van der Waals surface area contributed by atoms with Gasteiger partial charge in [0.15, 0.2) is 5.16 Å². The lowest BCUT2D eigenvalue weighted by molar-refractivity contribution is -0.113. The lowest BCUT2D eigenvalue weighted by atomic mass is 10.3. The molecule has 0 aromatic carbocycles. The van der Waals surface area contributed by atoms with Crippen LogP contribution in [0.4, 0.5) is 11.7 Å². The van der Waals surface area contributed by atoms with Crippen LogP contribution in [0.1, 0.15) is 24.5 Å². The fraction of sp³-hybridized carbons (Fsp3) is 0.333. The average Bonchev–Trinajstić information content (AvgIpc) is 3.17. The second-order valence-electron chi connectivity index (χ2n) is 4.70. The Bertz CT molecular complexity index is 722. The maximum atomic E-state index is 11.8. The molecule has 2 heterocycles. The first-order valence-electron chi connectivity index (χ1n) is 6.36.